The predicted molar refractivity (Wildman–Crippen MR) is 79.9 cm³/mol. The van der Waals surface area contributed by atoms with E-state index < -0.39 is 5.60 Å². The smallest absolute Gasteiger partial charge is 0.303 e. The van der Waals surface area contributed by atoms with Gasteiger partial charge in [0.2, 0.25) is 0 Å². The number of carbonyl (C=O) groups excluding carboxylic acids is 1. The molecule has 108 valence electrons. The van der Waals surface area contributed by atoms with Gasteiger partial charge in [-0.1, -0.05) is 32.6 Å². The zero-order valence-electron chi connectivity index (χ0n) is 12.9. The van der Waals surface area contributed by atoms with E-state index in [0.717, 1.165) is 19.3 Å². The van der Waals surface area contributed by atoms with E-state index in [9.17, 15) is 4.79 Å². The Balaban J connectivity index is 2.70. The van der Waals surface area contributed by atoms with Gasteiger partial charge < -0.3 is 4.74 Å². The Morgan fingerprint density at radius 1 is 1.58 bits per heavy atom. The molecule has 0 aromatic rings. The monoisotopic (exact) mass is 264 g/mol. The summed E-state index contributed by atoms with van der Waals surface area (Å²) in [5.74, 6) is 0.264. The first-order valence-electron chi connectivity index (χ1n) is 7.21. The molecule has 0 N–H and O–H groups in total. The number of allylic oxidation sites excluding steroid dienone is 1. The molecule has 1 rings (SSSR count). The van der Waals surface area contributed by atoms with Crippen molar-refractivity contribution in [2.24, 2.45) is 11.3 Å². The summed E-state index contributed by atoms with van der Waals surface area (Å²) in [7, 11) is 0. The van der Waals surface area contributed by atoms with Gasteiger partial charge in [-0.25, -0.2) is 0 Å². The summed E-state index contributed by atoms with van der Waals surface area (Å²) in [5.41, 5.74) is 1.10. The Kier molecular flexibility index (Phi) is 5.00. The van der Waals surface area contributed by atoms with E-state index in [1.54, 1.807) is 6.08 Å². The molecule has 0 spiro atoms. The zero-order valence-corrected chi connectivity index (χ0v) is 12.9. The van der Waals surface area contributed by atoms with Crippen LogP contribution in [0.5, 0.6) is 0 Å². The van der Waals surface area contributed by atoms with E-state index >= 15 is 0 Å². The molecule has 19 heavy (non-hydrogen) atoms. The Hall–Kier alpha value is -1.05. The highest BCUT2D eigenvalue weighted by Gasteiger charge is 2.36. The van der Waals surface area contributed by atoms with Gasteiger partial charge in [0, 0.05) is 6.92 Å². The summed E-state index contributed by atoms with van der Waals surface area (Å²) < 4.78 is 5.39. The second-order valence-corrected chi connectivity index (χ2v) is 6.70. The van der Waals surface area contributed by atoms with Crippen LogP contribution in [0.15, 0.2) is 24.8 Å². The number of hydrogen-bond acceptors (Lipinski definition) is 2. The van der Waals surface area contributed by atoms with Crippen LogP contribution >= 0.6 is 0 Å². The van der Waals surface area contributed by atoms with Crippen LogP contribution in [0.4, 0.5) is 0 Å². The lowest BCUT2D eigenvalue weighted by molar-refractivity contribution is -0.151. The summed E-state index contributed by atoms with van der Waals surface area (Å²) >= 11 is 0. The average Bonchev–Trinajstić information content (AvgIpc) is 2.26. The lowest BCUT2D eigenvalue weighted by Gasteiger charge is -2.41. The summed E-state index contributed by atoms with van der Waals surface area (Å²) in [4.78, 5) is 11.2. The molecule has 0 aliphatic heterocycles. The van der Waals surface area contributed by atoms with Crippen molar-refractivity contribution in [3.05, 3.63) is 24.8 Å². The number of hydrogen-bond donors (Lipinski definition) is 0. The van der Waals surface area contributed by atoms with E-state index in [1.807, 2.05) is 6.92 Å². The first-order chi connectivity index (χ1) is 8.70. The molecule has 2 nitrogen and oxygen atoms in total. The van der Waals surface area contributed by atoms with E-state index in [0.29, 0.717) is 11.3 Å². The van der Waals surface area contributed by atoms with Gasteiger partial charge in [0.25, 0.3) is 0 Å². The molecule has 1 saturated carbocycles. The van der Waals surface area contributed by atoms with Crippen molar-refractivity contribution in [1.82, 2.24) is 0 Å². The van der Waals surface area contributed by atoms with Gasteiger partial charge in [0.15, 0.2) is 0 Å². The van der Waals surface area contributed by atoms with Crippen LogP contribution < -0.4 is 0 Å². The number of ether oxygens (including phenoxy) is 1. The number of carbonyl (C=O) groups is 1. The molecule has 0 aromatic heterocycles. The van der Waals surface area contributed by atoms with Crippen LogP contribution in [0, 0.1) is 11.3 Å². The van der Waals surface area contributed by atoms with E-state index in [2.05, 4.69) is 27.0 Å². The molecule has 0 aromatic carbocycles. The maximum absolute atomic E-state index is 11.2. The van der Waals surface area contributed by atoms with E-state index in [-0.39, 0.29) is 5.97 Å². The average molecular weight is 264 g/mol. The van der Waals surface area contributed by atoms with Crippen molar-refractivity contribution in [3.8, 4) is 0 Å². The van der Waals surface area contributed by atoms with Crippen molar-refractivity contribution < 1.29 is 9.53 Å². The van der Waals surface area contributed by atoms with Gasteiger partial charge in [0.1, 0.15) is 5.60 Å². The van der Waals surface area contributed by atoms with Gasteiger partial charge in [-0.15, -0.1) is 0 Å². The zero-order chi connectivity index (χ0) is 14.7. The van der Waals surface area contributed by atoms with E-state index in [4.69, 9.17) is 4.74 Å². The second-order valence-electron chi connectivity index (χ2n) is 6.70. The second kappa shape index (κ2) is 5.94. The number of rotatable bonds is 5. The number of esters is 1. The van der Waals surface area contributed by atoms with Crippen LogP contribution in [0.25, 0.3) is 0 Å². The van der Waals surface area contributed by atoms with Crippen LogP contribution in [0.1, 0.15) is 59.8 Å². The van der Waals surface area contributed by atoms with Crippen molar-refractivity contribution in [1.29, 1.82) is 0 Å². The molecule has 1 aliphatic carbocycles. The minimum atomic E-state index is -0.556. The lowest BCUT2D eigenvalue weighted by atomic mass is 9.64. The predicted octanol–water partition coefficient (Wildman–Crippen LogP) is 4.66. The van der Waals surface area contributed by atoms with Gasteiger partial charge in [-0.3, -0.25) is 4.79 Å². The molecule has 2 heteroatoms. The first kappa shape index (κ1) is 16.0. The van der Waals surface area contributed by atoms with E-state index in [1.165, 1.54) is 25.3 Å². The maximum atomic E-state index is 11.2. The highest BCUT2D eigenvalue weighted by atomic mass is 16.6. The third-order valence-electron chi connectivity index (χ3n) is 4.49. The van der Waals surface area contributed by atoms with Crippen LogP contribution in [-0.4, -0.2) is 11.6 Å². The molecule has 0 bridgehead atoms. The van der Waals surface area contributed by atoms with Crippen molar-refractivity contribution in [2.45, 2.75) is 65.4 Å². The third kappa shape index (κ3) is 4.22. The molecular formula is C17H28O2. The molecule has 0 unspecified atom stereocenters. The molecule has 0 saturated heterocycles. The molecule has 2 atom stereocenters. The summed E-state index contributed by atoms with van der Waals surface area (Å²) in [6.07, 6.45) is 7.17. The van der Waals surface area contributed by atoms with Gasteiger partial charge in [-0.05, 0) is 56.4 Å². The Morgan fingerprint density at radius 2 is 2.21 bits per heavy atom. The van der Waals surface area contributed by atoms with Gasteiger partial charge in [0.05, 0.1) is 0 Å². The van der Waals surface area contributed by atoms with Crippen LogP contribution in [0.2, 0.25) is 0 Å². The van der Waals surface area contributed by atoms with Crippen LogP contribution in [0.3, 0.4) is 0 Å². The van der Waals surface area contributed by atoms with Crippen molar-refractivity contribution in [2.75, 3.05) is 0 Å². The highest BCUT2D eigenvalue weighted by molar-refractivity contribution is 5.66. The maximum Gasteiger partial charge on any atom is 0.303 e. The topological polar surface area (TPSA) is 26.3 Å². The standard InChI is InChI=1S/C17H28O2/c1-7-17(6,19-14(3)18)12-10-15-13(2)9-8-11-16(15,4)5/h7,15H,1-2,8-12H2,3-6H3/t15-,17+/m1/s1. The normalized spacial score (nSPS) is 25.5. The molecule has 1 fully saturated rings. The molecule has 0 heterocycles. The minimum absolute atomic E-state index is 0.246. The minimum Gasteiger partial charge on any atom is -0.455 e. The van der Waals surface area contributed by atoms with Crippen molar-refractivity contribution >= 4 is 5.97 Å². The van der Waals surface area contributed by atoms with Gasteiger partial charge >= 0.3 is 5.97 Å². The fourth-order valence-electron chi connectivity index (χ4n) is 3.22. The SMILES string of the molecule is C=C[C@@](C)(CC[C@@H]1C(=C)CCCC1(C)C)OC(C)=O. The molecule has 1 aliphatic rings. The fourth-order valence-corrected chi connectivity index (χ4v) is 3.22. The molecular weight excluding hydrogens is 236 g/mol. The lowest BCUT2D eigenvalue weighted by Crippen LogP contribution is -2.34. The fraction of sp³-hybridized carbons (Fsp3) is 0.706. The first-order valence-corrected chi connectivity index (χ1v) is 7.21. The van der Waals surface area contributed by atoms with Crippen molar-refractivity contribution in [3.63, 3.8) is 0 Å². The Bertz CT molecular complexity index is 367. The molecule has 0 amide bonds. The quantitative estimate of drug-likeness (QED) is 0.533. The summed E-state index contributed by atoms with van der Waals surface area (Å²) in [5, 5.41) is 0. The largest absolute Gasteiger partial charge is 0.455 e. The summed E-state index contributed by atoms with van der Waals surface area (Å²) in [6.45, 7) is 16.1. The summed E-state index contributed by atoms with van der Waals surface area (Å²) in [6, 6.07) is 0. The van der Waals surface area contributed by atoms with Crippen LogP contribution in [-0.2, 0) is 9.53 Å². The Morgan fingerprint density at radius 3 is 2.68 bits per heavy atom. The molecule has 0 radical (unpaired) electrons. The Labute approximate surface area is 117 Å². The third-order valence-corrected chi connectivity index (χ3v) is 4.49. The van der Waals surface area contributed by atoms with Gasteiger partial charge in [-0.2, -0.15) is 0 Å². The highest BCUT2D eigenvalue weighted by Crippen LogP contribution is 2.46.